The van der Waals surface area contributed by atoms with Crippen molar-refractivity contribution in [3.63, 3.8) is 0 Å². The third-order valence-electron chi connectivity index (χ3n) is 4.15. The van der Waals surface area contributed by atoms with Crippen LogP contribution in [0.2, 0.25) is 5.02 Å². The number of benzene rings is 2. The summed E-state index contributed by atoms with van der Waals surface area (Å²) in [5.74, 6) is -1.06. The first kappa shape index (κ1) is 20.2. The lowest BCUT2D eigenvalue weighted by atomic mass is 10.1. The zero-order valence-electron chi connectivity index (χ0n) is 15.8. The van der Waals surface area contributed by atoms with Gasteiger partial charge in [0.25, 0.3) is 5.69 Å². The number of carbonyl (C=O) groups excluding carboxylic acids is 1. The maximum Gasteiger partial charge on any atom is 0.427 e. The SMILES string of the molecule is CN=C([O-])c1c(=O)n(N=Cc2ccc(C)cc2)[nH][n+]1CC(=O)c1ccc(Cl)cc1. The summed E-state index contributed by atoms with van der Waals surface area (Å²) in [4.78, 5) is 29.6. The maximum atomic E-state index is 12.6. The Morgan fingerprint density at radius 1 is 1.21 bits per heavy atom. The van der Waals surface area contributed by atoms with Crippen LogP contribution in [-0.4, -0.2) is 34.9 Å². The van der Waals surface area contributed by atoms with Crippen molar-refractivity contribution in [1.82, 2.24) is 10.0 Å². The zero-order chi connectivity index (χ0) is 21.0. The first-order valence-electron chi connectivity index (χ1n) is 8.68. The van der Waals surface area contributed by atoms with Gasteiger partial charge in [-0.15, -0.1) is 4.68 Å². The molecule has 1 heterocycles. The average Bonchev–Trinajstić information content (AvgIpc) is 3.02. The number of halogens is 1. The Labute approximate surface area is 171 Å². The number of rotatable bonds is 6. The molecule has 0 atom stereocenters. The van der Waals surface area contributed by atoms with Crippen molar-refractivity contribution in [3.8, 4) is 0 Å². The molecule has 0 fully saturated rings. The molecule has 1 aromatic heterocycles. The molecule has 9 heteroatoms. The van der Waals surface area contributed by atoms with E-state index in [-0.39, 0.29) is 18.0 Å². The van der Waals surface area contributed by atoms with Crippen LogP contribution in [0.4, 0.5) is 0 Å². The Bertz CT molecular complexity index is 1140. The summed E-state index contributed by atoms with van der Waals surface area (Å²) in [6, 6.07) is 13.8. The van der Waals surface area contributed by atoms with E-state index in [4.69, 9.17) is 11.6 Å². The molecule has 0 unspecified atom stereocenters. The normalized spacial score (nSPS) is 11.9. The van der Waals surface area contributed by atoms with Gasteiger partial charge < -0.3 is 5.11 Å². The van der Waals surface area contributed by atoms with E-state index in [2.05, 4.69) is 15.3 Å². The molecule has 148 valence electrons. The molecule has 0 saturated carbocycles. The van der Waals surface area contributed by atoms with Crippen LogP contribution in [0, 0.1) is 6.92 Å². The fourth-order valence-electron chi connectivity index (χ4n) is 2.58. The molecule has 0 aliphatic rings. The number of aryl methyl sites for hydroxylation is 1. The lowest BCUT2D eigenvalue weighted by molar-refractivity contribution is -0.745. The number of aliphatic imine (C=N–C) groups is 1. The number of hydrogen-bond donors (Lipinski definition) is 1. The van der Waals surface area contributed by atoms with Crippen LogP contribution in [0.1, 0.15) is 27.2 Å². The van der Waals surface area contributed by atoms with Crippen molar-refractivity contribution in [2.24, 2.45) is 10.1 Å². The number of hydrogen-bond acceptors (Lipinski definition) is 5. The van der Waals surface area contributed by atoms with E-state index in [1.54, 1.807) is 24.3 Å². The second-order valence-corrected chi connectivity index (χ2v) is 6.70. The minimum absolute atomic E-state index is 0.263. The third kappa shape index (κ3) is 4.67. The molecular weight excluding hydrogens is 394 g/mol. The minimum Gasteiger partial charge on any atom is -0.856 e. The standard InChI is InChI=1S/C20H18ClN5O3/c1-13-3-5-14(6-4-13)11-23-26-20(29)18(19(28)22-2)25(24-26)12-17(27)15-7-9-16(21)10-8-15/h3-11H,12H2,1-2H3,(H-,22,24,28,29). The fourth-order valence-corrected chi connectivity index (χ4v) is 2.70. The summed E-state index contributed by atoms with van der Waals surface area (Å²) >= 11 is 5.84. The van der Waals surface area contributed by atoms with Gasteiger partial charge in [-0.1, -0.05) is 51.7 Å². The average molecular weight is 412 g/mol. The molecular formula is C20H18ClN5O3. The molecule has 3 aromatic rings. The van der Waals surface area contributed by atoms with Gasteiger partial charge in [-0.2, -0.15) is 0 Å². The molecule has 0 aliphatic heterocycles. The molecule has 3 rings (SSSR count). The molecule has 0 saturated heterocycles. The Morgan fingerprint density at radius 2 is 1.86 bits per heavy atom. The molecule has 0 amide bonds. The van der Waals surface area contributed by atoms with Crippen LogP contribution < -0.4 is 15.3 Å². The van der Waals surface area contributed by atoms with Crippen LogP contribution in [0.3, 0.4) is 0 Å². The molecule has 29 heavy (non-hydrogen) atoms. The zero-order valence-corrected chi connectivity index (χ0v) is 16.6. The second kappa shape index (κ2) is 8.66. The molecule has 0 aliphatic carbocycles. The topological polar surface area (TPSA) is 107 Å². The van der Waals surface area contributed by atoms with Crippen LogP contribution >= 0.6 is 11.6 Å². The maximum absolute atomic E-state index is 12.6. The van der Waals surface area contributed by atoms with Gasteiger partial charge >= 0.3 is 5.56 Å². The number of H-pyrrole nitrogens is 1. The monoisotopic (exact) mass is 411 g/mol. The highest BCUT2D eigenvalue weighted by Crippen LogP contribution is 2.10. The van der Waals surface area contributed by atoms with Gasteiger partial charge in [-0.25, -0.2) is 4.79 Å². The van der Waals surface area contributed by atoms with Crippen molar-refractivity contribution >= 4 is 29.5 Å². The summed E-state index contributed by atoms with van der Waals surface area (Å²) in [6.07, 6.45) is 1.47. The van der Waals surface area contributed by atoms with E-state index in [1.165, 1.54) is 13.3 Å². The number of ketones is 1. The van der Waals surface area contributed by atoms with Gasteiger partial charge in [-0.3, -0.25) is 9.79 Å². The van der Waals surface area contributed by atoms with Crippen LogP contribution in [-0.2, 0) is 6.54 Å². The highest BCUT2D eigenvalue weighted by atomic mass is 35.5. The van der Waals surface area contributed by atoms with Crippen molar-refractivity contribution in [2.45, 2.75) is 13.5 Å². The summed E-state index contributed by atoms with van der Waals surface area (Å²) in [5, 5.41) is 19.4. The van der Waals surface area contributed by atoms with E-state index in [1.807, 2.05) is 31.2 Å². The Balaban J connectivity index is 1.94. The smallest absolute Gasteiger partial charge is 0.427 e. The summed E-state index contributed by atoms with van der Waals surface area (Å²) < 4.78 is 1.14. The molecule has 2 aromatic carbocycles. The highest BCUT2D eigenvalue weighted by molar-refractivity contribution is 6.30. The lowest BCUT2D eigenvalue weighted by Crippen LogP contribution is -2.48. The van der Waals surface area contributed by atoms with Gasteiger partial charge in [0.1, 0.15) is 0 Å². The Kier molecular flexibility index (Phi) is 6.04. The minimum atomic E-state index is -0.751. The summed E-state index contributed by atoms with van der Waals surface area (Å²) in [5.41, 5.74) is 1.28. The third-order valence-corrected chi connectivity index (χ3v) is 4.41. The van der Waals surface area contributed by atoms with Crippen LogP contribution in [0.5, 0.6) is 0 Å². The molecule has 0 radical (unpaired) electrons. The summed E-state index contributed by atoms with van der Waals surface area (Å²) in [7, 11) is 1.28. The van der Waals surface area contributed by atoms with Gasteiger partial charge in [0, 0.05) is 28.3 Å². The van der Waals surface area contributed by atoms with E-state index in [0.29, 0.717) is 10.6 Å². The van der Waals surface area contributed by atoms with Gasteiger partial charge in [-0.05, 0) is 36.8 Å². The molecule has 0 bridgehead atoms. The van der Waals surface area contributed by atoms with Crippen molar-refractivity contribution in [2.75, 3.05) is 7.05 Å². The molecule has 8 nitrogen and oxygen atoms in total. The van der Waals surface area contributed by atoms with Gasteiger partial charge in [0.15, 0.2) is 6.54 Å². The number of carbonyl (C=O) groups is 1. The van der Waals surface area contributed by atoms with Gasteiger partial charge in [0.05, 0.1) is 6.21 Å². The molecule has 1 N–H and O–H groups in total. The predicted octanol–water partition coefficient (Wildman–Crippen LogP) is 0.928. The van der Waals surface area contributed by atoms with E-state index in [0.717, 1.165) is 20.6 Å². The Morgan fingerprint density at radius 3 is 2.48 bits per heavy atom. The highest BCUT2D eigenvalue weighted by Gasteiger charge is 2.24. The van der Waals surface area contributed by atoms with Crippen LogP contribution in [0.25, 0.3) is 0 Å². The number of Topliss-reactive ketones (excluding diaryl/α,β-unsaturated/α-hetero) is 1. The summed E-state index contributed by atoms with van der Waals surface area (Å²) in [6.45, 7) is 1.70. The fraction of sp³-hybridized carbons (Fsp3) is 0.150. The van der Waals surface area contributed by atoms with E-state index < -0.39 is 11.5 Å². The number of aromatic amines is 1. The quantitative estimate of drug-likeness (QED) is 0.282. The van der Waals surface area contributed by atoms with Crippen molar-refractivity contribution in [1.29, 1.82) is 0 Å². The van der Waals surface area contributed by atoms with Crippen molar-refractivity contribution < 1.29 is 14.6 Å². The van der Waals surface area contributed by atoms with Crippen molar-refractivity contribution in [3.05, 3.63) is 86.3 Å². The molecule has 0 spiro atoms. The first-order chi connectivity index (χ1) is 13.9. The number of nitrogens with zero attached hydrogens (tertiary/aromatic N) is 4. The number of aromatic nitrogens is 3. The number of nitrogens with one attached hydrogen (secondary N) is 1. The lowest BCUT2D eigenvalue weighted by Gasteiger charge is -2.05. The Hall–Kier alpha value is -3.52. The predicted molar refractivity (Wildman–Crippen MR) is 108 cm³/mol. The van der Waals surface area contributed by atoms with E-state index >= 15 is 0 Å². The second-order valence-electron chi connectivity index (χ2n) is 6.27. The largest absolute Gasteiger partial charge is 0.856 e. The first-order valence-corrected chi connectivity index (χ1v) is 9.05. The van der Waals surface area contributed by atoms with E-state index in [9.17, 15) is 14.7 Å². The van der Waals surface area contributed by atoms with Crippen LogP contribution in [0.15, 0.2) is 63.4 Å². The van der Waals surface area contributed by atoms with Gasteiger partial charge in [0.2, 0.25) is 5.78 Å².